The molecule has 1 aromatic carbocycles. The van der Waals surface area contributed by atoms with Crippen LogP contribution in [0.2, 0.25) is 5.02 Å². The molecule has 1 heterocycles. The van der Waals surface area contributed by atoms with Gasteiger partial charge in [-0.2, -0.15) is 0 Å². The van der Waals surface area contributed by atoms with Crippen molar-refractivity contribution in [2.24, 2.45) is 5.92 Å². The molecule has 1 unspecified atom stereocenters. The largest absolute Gasteiger partial charge is 0.305 e. The van der Waals surface area contributed by atoms with Crippen molar-refractivity contribution >= 4 is 29.4 Å². The van der Waals surface area contributed by atoms with E-state index in [2.05, 4.69) is 29.6 Å². The van der Waals surface area contributed by atoms with Crippen molar-refractivity contribution in [3.63, 3.8) is 0 Å². The highest BCUT2D eigenvalue weighted by molar-refractivity contribution is 6.30. The van der Waals surface area contributed by atoms with Crippen LogP contribution < -0.4 is 10.9 Å². The summed E-state index contributed by atoms with van der Waals surface area (Å²) in [7, 11) is 0. The second kappa shape index (κ2) is 7.62. The maximum Gasteiger partial charge on any atom is 0.203 e. The molecule has 0 saturated carbocycles. The third-order valence-electron chi connectivity index (χ3n) is 4.12. The number of hydrogen-bond donors (Lipinski definition) is 2. The summed E-state index contributed by atoms with van der Waals surface area (Å²) in [5.74, 6) is -0.731. The van der Waals surface area contributed by atoms with Gasteiger partial charge in [0.1, 0.15) is 0 Å². The van der Waals surface area contributed by atoms with E-state index in [0.717, 1.165) is 17.0 Å². The van der Waals surface area contributed by atoms with E-state index in [1.54, 1.807) is 12.1 Å². The van der Waals surface area contributed by atoms with E-state index in [9.17, 15) is 9.59 Å². The Hall–Kier alpha value is -1.85. The van der Waals surface area contributed by atoms with Gasteiger partial charge in [0.2, 0.25) is 5.78 Å². The van der Waals surface area contributed by atoms with Gasteiger partial charge in [0.25, 0.3) is 0 Å². The number of aldehydes is 1. The number of ketones is 1. The fourth-order valence-corrected chi connectivity index (χ4v) is 2.76. The highest BCUT2D eigenvalue weighted by atomic mass is 35.5. The van der Waals surface area contributed by atoms with Crippen LogP contribution in [0, 0.1) is 5.92 Å². The molecule has 0 aliphatic carbocycles. The molecular weight excluding hydrogens is 314 g/mol. The fraction of sp³-hybridized carbons (Fsp3) is 0.412. The van der Waals surface area contributed by atoms with Crippen molar-refractivity contribution in [1.29, 1.82) is 0 Å². The number of likely N-dealkylation sites (tertiary alicyclic amines) is 1. The quantitative estimate of drug-likeness (QED) is 0.475. The maximum absolute atomic E-state index is 11.9. The van der Waals surface area contributed by atoms with Gasteiger partial charge >= 0.3 is 0 Å². The summed E-state index contributed by atoms with van der Waals surface area (Å²) in [5.41, 5.74) is 8.89. The molecule has 0 bridgehead atoms. The molecule has 1 aliphatic heterocycles. The minimum Gasteiger partial charge on any atom is -0.305 e. The van der Waals surface area contributed by atoms with Crippen LogP contribution in [-0.2, 0) is 9.59 Å². The van der Waals surface area contributed by atoms with Gasteiger partial charge in [-0.1, -0.05) is 11.6 Å². The Morgan fingerprint density at radius 3 is 2.57 bits per heavy atom. The zero-order valence-corrected chi connectivity index (χ0v) is 14.4. The van der Waals surface area contributed by atoms with Crippen LogP contribution in [0.3, 0.4) is 0 Å². The molecular formula is C17H22ClN3O2. The molecule has 0 amide bonds. The fourth-order valence-electron chi connectivity index (χ4n) is 2.63. The first-order valence-electron chi connectivity index (χ1n) is 7.62. The zero-order valence-electron chi connectivity index (χ0n) is 13.6. The van der Waals surface area contributed by atoms with Crippen molar-refractivity contribution in [3.8, 4) is 0 Å². The minimum atomic E-state index is -0.366. The summed E-state index contributed by atoms with van der Waals surface area (Å²) in [5, 5.41) is 0.672. The lowest BCUT2D eigenvalue weighted by Gasteiger charge is -2.19. The van der Waals surface area contributed by atoms with Crippen LogP contribution in [0.5, 0.6) is 0 Å². The predicted molar refractivity (Wildman–Crippen MR) is 92.2 cm³/mol. The number of allylic oxidation sites excluding steroid dienone is 1. The number of hydrazine groups is 1. The predicted octanol–water partition coefficient (Wildman–Crippen LogP) is 2.64. The summed E-state index contributed by atoms with van der Waals surface area (Å²) >= 11 is 5.86. The Balaban J connectivity index is 2.13. The molecule has 1 aromatic rings. The van der Waals surface area contributed by atoms with E-state index in [4.69, 9.17) is 11.6 Å². The molecule has 1 saturated heterocycles. The highest BCUT2D eigenvalue weighted by Gasteiger charge is 2.34. The third kappa shape index (κ3) is 4.33. The van der Waals surface area contributed by atoms with Gasteiger partial charge in [-0.05, 0) is 50.6 Å². The van der Waals surface area contributed by atoms with Crippen LogP contribution >= 0.6 is 11.6 Å². The number of carbonyl (C=O) groups is 2. The number of rotatable bonds is 6. The number of halogens is 1. The number of hydrogen-bond acceptors (Lipinski definition) is 5. The molecule has 5 nitrogen and oxygen atoms in total. The van der Waals surface area contributed by atoms with E-state index >= 15 is 0 Å². The second-order valence-corrected chi connectivity index (χ2v) is 6.44. The van der Waals surface area contributed by atoms with E-state index in [0.29, 0.717) is 30.4 Å². The van der Waals surface area contributed by atoms with Gasteiger partial charge in [0.15, 0.2) is 6.29 Å². The number of Topliss-reactive ketones (excluding diaryl/α,β-unsaturated/α-hetero) is 1. The normalized spacial score (nSPS) is 20.5. The van der Waals surface area contributed by atoms with Gasteiger partial charge in [-0.3, -0.25) is 14.5 Å². The van der Waals surface area contributed by atoms with Gasteiger partial charge in [-0.15, -0.1) is 0 Å². The third-order valence-corrected chi connectivity index (χ3v) is 4.37. The second-order valence-electron chi connectivity index (χ2n) is 6.00. The average Bonchev–Trinajstić information content (AvgIpc) is 2.99. The molecule has 1 atom stereocenters. The van der Waals surface area contributed by atoms with Crippen molar-refractivity contribution in [2.45, 2.75) is 26.8 Å². The maximum atomic E-state index is 11.9. The van der Waals surface area contributed by atoms with Crippen LogP contribution in [0.25, 0.3) is 0 Å². The molecule has 0 aromatic heterocycles. The Labute approximate surface area is 141 Å². The number of benzene rings is 1. The first-order valence-corrected chi connectivity index (χ1v) is 8.00. The molecule has 1 aliphatic rings. The van der Waals surface area contributed by atoms with Crippen LogP contribution in [0.15, 0.2) is 35.5 Å². The number of nitrogens with one attached hydrogen (secondary N) is 2. The van der Waals surface area contributed by atoms with Gasteiger partial charge in [0.05, 0.1) is 11.6 Å². The number of carbonyl (C=O) groups excluding carboxylic acids is 2. The van der Waals surface area contributed by atoms with Gasteiger partial charge in [0, 0.05) is 29.9 Å². The topological polar surface area (TPSA) is 61.4 Å². The van der Waals surface area contributed by atoms with Crippen LogP contribution in [0.4, 0.5) is 5.69 Å². The molecule has 124 valence electrons. The monoisotopic (exact) mass is 335 g/mol. The van der Waals surface area contributed by atoms with E-state index in [1.807, 2.05) is 19.1 Å². The SMILES string of the molecule is CC(NNc1ccc(Cl)cc1)=C1CN(C(C)C)CC1C(=O)C=O. The van der Waals surface area contributed by atoms with Crippen molar-refractivity contribution in [2.75, 3.05) is 18.5 Å². The lowest BCUT2D eigenvalue weighted by atomic mass is 9.97. The van der Waals surface area contributed by atoms with Crippen molar-refractivity contribution in [1.82, 2.24) is 10.3 Å². The molecule has 0 radical (unpaired) electrons. The first kappa shape index (κ1) is 17.5. The summed E-state index contributed by atoms with van der Waals surface area (Å²) < 4.78 is 0. The van der Waals surface area contributed by atoms with Gasteiger partial charge < -0.3 is 10.9 Å². The number of anilines is 1. The zero-order chi connectivity index (χ0) is 17.0. The molecule has 6 heteroatoms. The summed E-state index contributed by atoms with van der Waals surface area (Å²) in [6, 6.07) is 7.63. The van der Waals surface area contributed by atoms with Crippen LogP contribution in [-0.4, -0.2) is 36.1 Å². The molecule has 2 N–H and O–H groups in total. The molecule has 1 fully saturated rings. The number of nitrogens with zero attached hydrogens (tertiary/aromatic N) is 1. The summed E-state index contributed by atoms with van der Waals surface area (Å²) in [4.78, 5) is 25.0. The van der Waals surface area contributed by atoms with Gasteiger partial charge in [-0.25, -0.2) is 0 Å². The summed E-state index contributed by atoms with van der Waals surface area (Å²) in [6.07, 6.45) is 0.425. The molecule has 0 spiro atoms. The van der Waals surface area contributed by atoms with E-state index in [-0.39, 0.29) is 11.7 Å². The van der Waals surface area contributed by atoms with Crippen molar-refractivity contribution < 1.29 is 9.59 Å². The van der Waals surface area contributed by atoms with E-state index < -0.39 is 0 Å². The smallest absolute Gasteiger partial charge is 0.203 e. The Morgan fingerprint density at radius 2 is 2.00 bits per heavy atom. The van der Waals surface area contributed by atoms with Crippen molar-refractivity contribution in [3.05, 3.63) is 40.6 Å². The lowest BCUT2D eigenvalue weighted by Crippen LogP contribution is -2.29. The average molecular weight is 336 g/mol. The first-order chi connectivity index (χ1) is 10.9. The highest BCUT2D eigenvalue weighted by Crippen LogP contribution is 2.27. The Morgan fingerprint density at radius 1 is 1.35 bits per heavy atom. The summed E-state index contributed by atoms with van der Waals surface area (Å²) in [6.45, 7) is 7.35. The Bertz CT molecular complexity index is 611. The molecule has 23 heavy (non-hydrogen) atoms. The Kier molecular flexibility index (Phi) is 5.80. The van der Waals surface area contributed by atoms with Crippen LogP contribution in [0.1, 0.15) is 20.8 Å². The van der Waals surface area contributed by atoms with E-state index in [1.165, 1.54) is 0 Å². The lowest BCUT2D eigenvalue weighted by molar-refractivity contribution is -0.131. The minimum absolute atomic E-state index is 0.325. The molecule has 2 rings (SSSR count). The standard InChI is InChI=1S/C17H22ClN3O2/c1-11(2)21-8-15(16(9-21)17(23)10-22)12(3)19-20-14-6-4-13(18)5-7-14/h4-7,10-11,16,19-20H,8-9H2,1-3H3.